The van der Waals surface area contributed by atoms with Gasteiger partial charge in [-0.05, 0) is 24.3 Å². The van der Waals surface area contributed by atoms with Gasteiger partial charge in [0, 0.05) is 46.4 Å². The fourth-order valence-corrected chi connectivity index (χ4v) is 3.49. The molecule has 4 aromatic rings. The van der Waals surface area contributed by atoms with E-state index in [1.807, 2.05) is 48.1 Å². The molecule has 0 radical (unpaired) electrons. The van der Waals surface area contributed by atoms with Gasteiger partial charge in [-0.2, -0.15) is 0 Å². The van der Waals surface area contributed by atoms with E-state index in [9.17, 15) is 0 Å². The number of pyridine rings is 1. The number of benzene rings is 1. The van der Waals surface area contributed by atoms with Crippen molar-refractivity contribution in [3.63, 3.8) is 0 Å². The molecule has 3 aromatic heterocycles. The van der Waals surface area contributed by atoms with Crippen LogP contribution in [0.5, 0.6) is 0 Å². The monoisotopic (exact) mass is 325 g/mol. The summed E-state index contributed by atoms with van der Waals surface area (Å²) in [5.74, 6) is 0. The van der Waals surface area contributed by atoms with Crippen molar-refractivity contribution in [3.8, 4) is 21.8 Å². The number of halogens is 1. The summed E-state index contributed by atoms with van der Waals surface area (Å²) >= 11 is 7.58. The molecule has 0 aliphatic rings. The zero-order valence-corrected chi connectivity index (χ0v) is 13.4. The summed E-state index contributed by atoms with van der Waals surface area (Å²) in [7, 11) is 2.01. The number of hydrogen-bond acceptors (Lipinski definition) is 3. The van der Waals surface area contributed by atoms with Gasteiger partial charge in [0.2, 0.25) is 0 Å². The van der Waals surface area contributed by atoms with Gasteiger partial charge in [-0.1, -0.05) is 23.7 Å². The van der Waals surface area contributed by atoms with Crippen LogP contribution >= 0.6 is 22.9 Å². The molecule has 0 aliphatic heterocycles. The molecule has 0 unspecified atom stereocenters. The van der Waals surface area contributed by atoms with Crippen LogP contribution < -0.4 is 0 Å². The van der Waals surface area contributed by atoms with Crippen LogP contribution in [0, 0.1) is 0 Å². The minimum atomic E-state index is 0.737. The predicted molar refractivity (Wildman–Crippen MR) is 92.3 cm³/mol. The van der Waals surface area contributed by atoms with Gasteiger partial charge in [0.05, 0.1) is 5.69 Å². The number of hydrogen-bond donors (Lipinski definition) is 0. The summed E-state index contributed by atoms with van der Waals surface area (Å²) in [6, 6.07) is 11.8. The molecule has 0 saturated carbocycles. The Morgan fingerprint density at radius 3 is 2.77 bits per heavy atom. The van der Waals surface area contributed by atoms with Crippen LogP contribution in [0.15, 0.2) is 54.2 Å². The largest absolute Gasteiger partial charge is 0.335 e. The van der Waals surface area contributed by atoms with Crippen LogP contribution in [0.1, 0.15) is 0 Å². The van der Waals surface area contributed by atoms with E-state index in [1.165, 1.54) is 0 Å². The van der Waals surface area contributed by atoms with E-state index in [1.54, 1.807) is 11.3 Å². The van der Waals surface area contributed by atoms with Gasteiger partial charge in [0.1, 0.15) is 10.7 Å². The van der Waals surface area contributed by atoms with Crippen LogP contribution in [0.2, 0.25) is 5.02 Å². The molecule has 0 N–H and O–H groups in total. The zero-order chi connectivity index (χ0) is 15.1. The highest BCUT2D eigenvalue weighted by atomic mass is 35.5. The Morgan fingerprint density at radius 2 is 1.95 bits per heavy atom. The highest BCUT2D eigenvalue weighted by Gasteiger charge is 2.13. The highest BCUT2D eigenvalue weighted by molar-refractivity contribution is 7.13. The summed E-state index contributed by atoms with van der Waals surface area (Å²) in [6.07, 6.45) is 3.89. The van der Waals surface area contributed by atoms with E-state index in [4.69, 9.17) is 16.6 Å². The standard InChI is InChI=1S/C17H12ClN3S/c1-21-9-14(13-3-2-8-19-16(13)21)15-10-22-17(20-15)11-4-6-12(18)7-5-11/h2-10H,1H3. The molecule has 1 aromatic carbocycles. The topological polar surface area (TPSA) is 30.7 Å². The second-order valence-electron chi connectivity index (χ2n) is 5.07. The Morgan fingerprint density at radius 1 is 1.14 bits per heavy atom. The molecule has 0 atom stereocenters. The molecule has 3 heterocycles. The number of nitrogens with zero attached hydrogens (tertiary/aromatic N) is 3. The zero-order valence-electron chi connectivity index (χ0n) is 11.8. The summed E-state index contributed by atoms with van der Waals surface area (Å²) in [5, 5.41) is 4.94. The Hall–Kier alpha value is -2.17. The Labute approximate surface area is 136 Å². The van der Waals surface area contributed by atoms with E-state index < -0.39 is 0 Å². The van der Waals surface area contributed by atoms with Crippen molar-refractivity contribution >= 4 is 34.0 Å². The number of fused-ring (bicyclic) bond motifs is 1. The third-order valence-corrected chi connectivity index (χ3v) is 4.75. The molecular formula is C17H12ClN3S. The summed E-state index contributed by atoms with van der Waals surface area (Å²) in [6.45, 7) is 0. The minimum absolute atomic E-state index is 0.737. The van der Waals surface area contributed by atoms with Gasteiger partial charge in [0.15, 0.2) is 0 Å². The lowest BCUT2D eigenvalue weighted by Crippen LogP contribution is -1.85. The van der Waals surface area contributed by atoms with Gasteiger partial charge in [-0.3, -0.25) is 0 Å². The van der Waals surface area contributed by atoms with Gasteiger partial charge >= 0.3 is 0 Å². The molecule has 0 spiro atoms. The number of aryl methyl sites for hydroxylation is 1. The number of aromatic nitrogens is 3. The molecule has 4 rings (SSSR count). The van der Waals surface area contributed by atoms with Gasteiger partial charge < -0.3 is 4.57 Å². The van der Waals surface area contributed by atoms with Crippen molar-refractivity contribution in [2.24, 2.45) is 7.05 Å². The number of rotatable bonds is 2. The van der Waals surface area contributed by atoms with Crippen molar-refractivity contribution in [2.75, 3.05) is 0 Å². The van der Waals surface area contributed by atoms with Crippen LogP contribution in [0.25, 0.3) is 32.9 Å². The average molecular weight is 326 g/mol. The summed E-state index contributed by atoms with van der Waals surface area (Å²) in [5.41, 5.74) is 4.15. The lowest BCUT2D eigenvalue weighted by molar-refractivity contribution is 0.949. The van der Waals surface area contributed by atoms with Crippen molar-refractivity contribution in [1.29, 1.82) is 0 Å². The number of thiazole rings is 1. The molecular weight excluding hydrogens is 314 g/mol. The third kappa shape index (κ3) is 2.21. The maximum atomic E-state index is 5.94. The fraction of sp³-hybridized carbons (Fsp3) is 0.0588. The first kappa shape index (κ1) is 13.5. The average Bonchev–Trinajstić information content (AvgIpc) is 3.14. The van der Waals surface area contributed by atoms with Gasteiger partial charge in [0.25, 0.3) is 0 Å². The van der Waals surface area contributed by atoms with Crippen molar-refractivity contribution in [2.45, 2.75) is 0 Å². The molecule has 0 aliphatic carbocycles. The third-order valence-electron chi connectivity index (χ3n) is 3.60. The second kappa shape index (κ2) is 5.23. The minimum Gasteiger partial charge on any atom is -0.335 e. The second-order valence-corrected chi connectivity index (χ2v) is 6.37. The molecule has 3 nitrogen and oxygen atoms in total. The van der Waals surface area contributed by atoms with Crippen LogP contribution in [0.3, 0.4) is 0 Å². The highest BCUT2D eigenvalue weighted by Crippen LogP contribution is 2.33. The normalized spacial score (nSPS) is 11.2. The fourth-order valence-electron chi connectivity index (χ4n) is 2.54. The Bertz CT molecular complexity index is 954. The smallest absolute Gasteiger partial charge is 0.140 e. The van der Waals surface area contributed by atoms with Gasteiger partial charge in [-0.25, -0.2) is 9.97 Å². The maximum Gasteiger partial charge on any atom is 0.140 e. The molecule has 0 amide bonds. The molecule has 22 heavy (non-hydrogen) atoms. The Kier molecular flexibility index (Phi) is 3.21. The van der Waals surface area contributed by atoms with Crippen molar-refractivity contribution in [1.82, 2.24) is 14.5 Å². The first-order valence-electron chi connectivity index (χ1n) is 6.84. The molecule has 0 bridgehead atoms. The lowest BCUT2D eigenvalue weighted by atomic mass is 10.2. The van der Waals surface area contributed by atoms with E-state index >= 15 is 0 Å². The maximum absolute atomic E-state index is 5.94. The molecule has 108 valence electrons. The molecule has 0 saturated heterocycles. The van der Waals surface area contributed by atoms with E-state index in [-0.39, 0.29) is 0 Å². The SMILES string of the molecule is Cn1cc(-c2csc(-c3ccc(Cl)cc3)n2)c2cccnc21. The molecule has 5 heteroatoms. The predicted octanol–water partition coefficient (Wildman–Crippen LogP) is 5.02. The van der Waals surface area contributed by atoms with E-state index in [0.29, 0.717) is 0 Å². The van der Waals surface area contributed by atoms with Crippen LogP contribution in [-0.2, 0) is 7.05 Å². The molecule has 0 fully saturated rings. The lowest BCUT2D eigenvalue weighted by Gasteiger charge is -1.96. The Balaban J connectivity index is 1.82. The van der Waals surface area contributed by atoms with E-state index in [2.05, 4.69) is 22.6 Å². The van der Waals surface area contributed by atoms with Crippen LogP contribution in [0.4, 0.5) is 0 Å². The first-order chi connectivity index (χ1) is 10.7. The summed E-state index contributed by atoms with van der Waals surface area (Å²) < 4.78 is 2.03. The quantitative estimate of drug-likeness (QED) is 0.518. The first-order valence-corrected chi connectivity index (χ1v) is 8.10. The van der Waals surface area contributed by atoms with Crippen molar-refractivity contribution in [3.05, 3.63) is 59.2 Å². The van der Waals surface area contributed by atoms with Gasteiger partial charge in [-0.15, -0.1) is 11.3 Å². The summed E-state index contributed by atoms with van der Waals surface area (Å²) in [4.78, 5) is 9.20. The van der Waals surface area contributed by atoms with E-state index in [0.717, 1.165) is 37.9 Å². The van der Waals surface area contributed by atoms with Crippen LogP contribution in [-0.4, -0.2) is 14.5 Å². The van der Waals surface area contributed by atoms with Crippen molar-refractivity contribution < 1.29 is 0 Å².